The van der Waals surface area contributed by atoms with E-state index in [1.807, 2.05) is 32.7 Å². The minimum atomic E-state index is -0.0600. The van der Waals surface area contributed by atoms with Crippen LogP contribution in [0.25, 0.3) is 0 Å². The summed E-state index contributed by atoms with van der Waals surface area (Å²) in [5, 5.41) is 6.01. The van der Waals surface area contributed by atoms with Gasteiger partial charge in [0.05, 0.1) is 13.2 Å². The molecule has 1 rings (SSSR count). The van der Waals surface area contributed by atoms with Gasteiger partial charge in [0.25, 0.3) is 0 Å². The lowest BCUT2D eigenvalue weighted by atomic mass is 10.2. The average molecular weight is 295 g/mol. The Morgan fingerprint density at radius 3 is 2.67 bits per heavy atom. The highest BCUT2D eigenvalue weighted by atomic mass is 16.5. The lowest BCUT2D eigenvalue weighted by Crippen LogP contribution is -2.37. The largest absolute Gasteiger partial charge is 0.383 e. The number of amides is 1. The molecule has 0 aliphatic carbocycles. The molecule has 1 aromatic heterocycles. The second-order valence-electron chi connectivity index (χ2n) is 4.80. The fraction of sp³-hybridized carbons (Fsp3) is 0.643. The molecule has 21 heavy (non-hydrogen) atoms. The minimum absolute atomic E-state index is 0.0600. The molecule has 0 aliphatic rings. The second-order valence-corrected chi connectivity index (χ2v) is 4.80. The number of hydrogen-bond donors (Lipinski definition) is 2. The second kappa shape index (κ2) is 8.41. The predicted octanol–water partition coefficient (Wildman–Crippen LogP) is 0.724. The maximum Gasteiger partial charge on any atom is 0.239 e. The van der Waals surface area contributed by atoms with E-state index in [-0.39, 0.29) is 12.5 Å². The van der Waals surface area contributed by atoms with Crippen LogP contribution >= 0.6 is 0 Å². The Hall–Kier alpha value is -1.89. The zero-order valence-electron chi connectivity index (χ0n) is 13.5. The molecule has 0 radical (unpaired) electrons. The number of methoxy groups -OCH3 is 1. The van der Waals surface area contributed by atoms with E-state index in [0.29, 0.717) is 19.0 Å². The molecule has 0 aliphatic heterocycles. The Morgan fingerprint density at radius 2 is 2.05 bits per heavy atom. The van der Waals surface area contributed by atoms with E-state index in [1.165, 1.54) is 0 Å². The Kier molecular flexibility index (Phi) is 6.87. The molecule has 1 heterocycles. The number of aromatic nitrogens is 2. The van der Waals surface area contributed by atoms with Crippen LogP contribution in [0, 0.1) is 13.8 Å². The van der Waals surface area contributed by atoms with Gasteiger partial charge in [0.15, 0.2) is 0 Å². The third-order valence-electron chi connectivity index (χ3n) is 2.95. The van der Waals surface area contributed by atoms with E-state index in [2.05, 4.69) is 20.6 Å². The Balaban J connectivity index is 2.77. The molecule has 0 spiro atoms. The Labute approximate surface area is 126 Å². The van der Waals surface area contributed by atoms with Crippen molar-refractivity contribution in [2.24, 2.45) is 0 Å². The molecule has 0 saturated heterocycles. The van der Waals surface area contributed by atoms with Crippen LogP contribution in [-0.2, 0) is 9.53 Å². The molecule has 0 unspecified atom stereocenters. The Morgan fingerprint density at radius 1 is 1.33 bits per heavy atom. The molecule has 0 aromatic carbocycles. The molecule has 7 heteroatoms. The Bertz CT molecular complexity index is 479. The molecule has 0 fully saturated rings. The number of nitrogens with zero attached hydrogens (tertiary/aromatic N) is 3. The van der Waals surface area contributed by atoms with Gasteiger partial charge in [-0.25, -0.2) is 9.97 Å². The van der Waals surface area contributed by atoms with Crippen molar-refractivity contribution in [3.8, 4) is 0 Å². The number of carbonyl (C=O) groups is 1. The molecule has 118 valence electrons. The van der Waals surface area contributed by atoms with Crippen LogP contribution < -0.4 is 15.5 Å². The van der Waals surface area contributed by atoms with Crippen molar-refractivity contribution in [3.63, 3.8) is 0 Å². The first-order chi connectivity index (χ1) is 9.99. The fourth-order valence-corrected chi connectivity index (χ4v) is 1.96. The third kappa shape index (κ3) is 5.18. The maximum atomic E-state index is 11.8. The van der Waals surface area contributed by atoms with Crippen LogP contribution in [0.4, 0.5) is 11.6 Å². The monoisotopic (exact) mass is 295 g/mol. The van der Waals surface area contributed by atoms with Crippen molar-refractivity contribution in [3.05, 3.63) is 11.4 Å². The van der Waals surface area contributed by atoms with E-state index < -0.39 is 0 Å². The predicted molar refractivity (Wildman–Crippen MR) is 83.8 cm³/mol. The molecule has 0 saturated carbocycles. The van der Waals surface area contributed by atoms with Crippen LogP contribution in [0.15, 0.2) is 0 Å². The van der Waals surface area contributed by atoms with Gasteiger partial charge in [0, 0.05) is 32.8 Å². The molecule has 0 atom stereocenters. The molecule has 7 nitrogen and oxygen atoms in total. The highest BCUT2D eigenvalue weighted by Crippen LogP contribution is 2.22. The van der Waals surface area contributed by atoms with Gasteiger partial charge in [-0.2, -0.15) is 0 Å². The number of carbonyl (C=O) groups excluding carboxylic acids is 1. The van der Waals surface area contributed by atoms with Crippen molar-refractivity contribution in [2.45, 2.75) is 20.8 Å². The molecule has 0 bridgehead atoms. The van der Waals surface area contributed by atoms with Crippen molar-refractivity contribution < 1.29 is 9.53 Å². The van der Waals surface area contributed by atoms with Gasteiger partial charge in [0.1, 0.15) is 17.5 Å². The number of nitrogens with one attached hydrogen (secondary N) is 2. The van der Waals surface area contributed by atoms with Crippen molar-refractivity contribution >= 4 is 17.5 Å². The van der Waals surface area contributed by atoms with E-state index in [4.69, 9.17) is 4.74 Å². The molecular weight excluding hydrogens is 270 g/mol. The first kappa shape index (κ1) is 17.2. The van der Waals surface area contributed by atoms with Crippen LogP contribution in [0.1, 0.15) is 18.3 Å². The molecule has 1 aromatic rings. The normalized spacial score (nSPS) is 10.3. The number of ether oxygens (including phenoxy) is 1. The number of anilines is 2. The summed E-state index contributed by atoms with van der Waals surface area (Å²) in [6.45, 7) is 7.86. The summed E-state index contributed by atoms with van der Waals surface area (Å²) in [7, 11) is 3.45. The summed E-state index contributed by atoms with van der Waals surface area (Å²) in [4.78, 5) is 22.5. The zero-order valence-corrected chi connectivity index (χ0v) is 13.5. The summed E-state index contributed by atoms with van der Waals surface area (Å²) in [6.07, 6.45) is 0. The summed E-state index contributed by atoms with van der Waals surface area (Å²) in [5.74, 6) is 2.19. The summed E-state index contributed by atoms with van der Waals surface area (Å²) >= 11 is 0. The van der Waals surface area contributed by atoms with Crippen LogP contribution in [-0.4, -0.2) is 56.3 Å². The number of rotatable bonds is 8. The van der Waals surface area contributed by atoms with Crippen molar-refractivity contribution in [2.75, 3.05) is 50.6 Å². The third-order valence-corrected chi connectivity index (χ3v) is 2.95. The van der Waals surface area contributed by atoms with E-state index in [1.54, 1.807) is 7.11 Å². The summed E-state index contributed by atoms with van der Waals surface area (Å²) in [5.41, 5.74) is 0.939. The average Bonchev–Trinajstić information content (AvgIpc) is 2.43. The SMILES string of the molecule is CCNc1nc(C)nc(N(C)CC(=O)NCCOC)c1C. The van der Waals surface area contributed by atoms with Gasteiger partial charge in [-0.05, 0) is 20.8 Å². The topological polar surface area (TPSA) is 79.4 Å². The lowest BCUT2D eigenvalue weighted by molar-refractivity contribution is -0.119. The lowest BCUT2D eigenvalue weighted by Gasteiger charge is -2.21. The van der Waals surface area contributed by atoms with E-state index in [9.17, 15) is 4.79 Å². The van der Waals surface area contributed by atoms with Crippen molar-refractivity contribution in [1.82, 2.24) is 15.3 Å². The standard InChI is InChI=1S/C14H25N5O2/c1-6-15-13-10(2)14(18-11(3)17-13)19(4)9-12(20)16-7-8-21-5/h6-9H2,1-5H3,(H,16,20)(H,15,17,18). The van der Waals surface area contributed by atoms with Crippen molar-refractivity contribution in [1.29, 1.82) is 0 Å². The quantitative estimate of drug-likeness (QED) is 0.688. The zero-order chi connectivity index (χ0) is 15.8. The van der Waals surface area contributed by atoms with Gasteiger partial charge in [-0.3, -0.25) is 4.79 Å². The van der Waals surface area contributed by atoms with Gasteiger partial charge in [0.2, 0.25) is 5.91 Å². The number of hydrogen-bond acceptors (Lipinski definition) is 6. The van der Waals surface area contributed by atoms with Gasteiger partial charge in [-0.1, -0.05) is 0 Å². The van der Waals surface area contributed by atoms with Gasteiger partial charge in [-0.15, -0.1) is 0 Å². The van der Waals surface area contributed by atoms with E-state index >= 15 is 0 Å². The summed E-state index contributed by atoms with van der Waals surface area (Å²) in [6, 6.07) is 0. The minimum Gasteiger partial charge on any atom is -0.383 e. The number of aryl methyl sites for hydroxylation is 1. The first-order valence-electron chi connectivity index (χ1n) is 7.05. The smallest absolute Gasteiger partial charge is 0.239 e. The maximum absolute atomic E-state index is 11.8. The molecular formula is C14H25N5O2. The number of likely N-dealkylation sites (N-methyl/N-ethyl adjacent to an activating group) is 1. The van der Waals surface area contributed by atoms with Gasteiger partial charge >= 0.3 is 0 Å². The van der Waals surface area contributed by atoms with Crippen LogP contribution in [0.2, 0.25) is 0 Å². The van der Waals surface area contributed by atoms with Crippen LogP contribution in [0.5, 0.6) is 0 Å². The highest BCUT2D eigenvalue weighted by molar-refractivity contribution is 5.81. The fourth-order valence-electron chi connectivity index (χ4n) is 1.96. The highest BCUT2D eigenvalue weighted by Gasteiger charge is 2.14. The molecule has 1 amide bonds. The van der Waals surface area contributed by atoms with Gasteiger partial charge < -0.3 is 20.3 Å². The molecule has 2 N–H and O–H groups in total. The van der Waals surface area contributed by atoms with E-state index in [0.717, 1.165) is 23.7 Å². The first-order valence-corrected chi connectivity index (χ1v) is 7.05. The van der Waals surface area contributed by atoms with Crippen LogP contribution in [0.3, 0.4) is 0 Å². The summed E-state index contributed by atoms with van der Waals surface area (Å²) < 4.78 is 4.90.